The highest BCUT2D eigenvalue weighted by Crippen LogP contribution is 2.34. The van der Waals surface area contributed by atoms with Gasteiger partial charge in [0.25, 0.3) is 0 Å². The molecule has 0 aromatic rings. The van der Waals surface area contributed by atoms with Crippen molar-refractivity contribution in [1.82, 2.24) is 10.2 Å². The molecular weight excluding hydrogens is 337 g/mol. The van der Waals surface area contributed by atoms with E-state index in [2.05, 4.69) is 42.9 Å². The van der Waals surface area contributed by atoms with Gasteiger partial charge >= 0.3 is 0 Å². The first-order valence-electron chi connectivity index (χ1n) is 7.14. The Balaban J connectivity index is 0.00000162. The Labute approximate surface area is 129 Å². The zero-order chi connectivity index (χ0) is 12.5. The van der Waals surface area contributed by atoms with E-state index in [-0.39, 0.29) is 24.0 Å². The molecule has 3 atom stereocenters. The van der Waals surface area contributed by atoms with Crippen molar-refractivity contribution in [3.63, 3.8) is 0 Å². The van der Waals surface area contributed by atoms with Gasteiger partial charge in [-0.1, -0.05) is 20.8 Å². The van der Waals surface area contributed by atoms with Gasteiger partial charge in [0.2, 0.25) is 0 Å². The molecule has 0 aromatic carbocycles. The van der Waals surface area contributed by atoms with Crippen LogP contribution in [0.15, 0.2) is 4.99 Å². The third kappa shape index (κ3) is 3.75. The van der Waals surface area contributed by atoms with Crippen molar-refractivity contribution < 1.29 is 0 Å². The number of aliphatic imine (C=N–C) groups is 1. The minimum Gasteiger partial charge on any atom is -0.353 e. The van der Waals surface area contributed by atoms with E-state index in [4.69, 9.17) is 0 Å². The topological polar surface area (TPSA) is 27.6 Å². The van der Waals surface area contributed by atoms with Crippen molar-refractivity contribution >= 4 is 29.9 Å². The molecule has 1 saturated heterocycles. The Kier molecular flexibility index (Phi) is 5.74. The first-order valence-corrected chi connectivity index (χ1v) is 7.14. The molecule has 18 heavy (non-hydrogen) atoms. The van der Waals surface area contributed by atoms with E-state index >= 15 is 0 Å². The van der Waals surface area contributed by atoms with Gasteiger partial charge in [-0.25, -0.2) is 0 Å². The van der Waals surface area contributed by atoms with Crippen LogP contribution >= 0.6 is 24.0 Å². The fraction of sp³-hybridized carbons (Fsp3) is 0.929. The highest BCUT2D eigenvalue weighted by molar-refractivity contribution is 14.0. The van der Waals surface area contributed by atoms with Crippen LogP contribution in [0.3, 0.4) is 0 Å². The van der Waals surface area contributed by atoms with Gasteiger partial charge in [0.1, 0.15) is 0 Å². The van der Waals surface area contributed by atoms with Gasteiger partial charge < -0.3 is 10.2 Å². The third-order valence-electron chi connectivity index (χ3n) is 4.44. The van der Waals surface area contributed by atoms with Crippen LogP contribution in [0.5, 0.6) is 0 Å². The quantitative estimate of drug-likeness (QED) is 0.473. The molecule has 3 nitrogen and oxygen atoms in total. The fourth-order valence-electron chi connectivity index (χ4n) is 2.57. The van der Waals surface area contributed by atoms with E-state index in [1.54, 1.807) is 0 Å². The van der Waals surface area contributed by atoms with Crippen LogP contribution in [-0.2, 0) is 0 Å². The van der Waals surface area contributed by atoms with Gasteiger partial charge in [-0.2, -0.15) is 0 Å². The fourth-order valence-corrected chi connectivity index (χ4v) is 2.57. The molecule has 1 aliphatic heterocycles. The average molecular weight is 365 g/mol. The number of rotatable bonds is 3. The standard InChI is InChI=1S/C14H27N3.HI/c1-5-14(4)7-8-17(10-14)13(15-6-2)16-12-9-11(12)3;/h11-12H,5-10H2,1-4H3,(H,15,16);1H. The SMILES string of the molecule is CCN=C(NC1CC1C)N1CCC(C)(CC)C1.I. The first kappa shape index (κ1) is 16.1. The average Bonchev–Trinajstić information content (AvgIpc) is 2.85. The minimum absolute atomic E-state index is 0. The van der Waals surface area contributed by atoms with Crippen molar-refractivity contribution in [1.29, 1.82) is 0 Å². The van der Waals surface area contributed by atoms with E-state index in [1.807, 2.05) is 0 Å². The van der Waals surface area contributed by atoms with Crippen LogP contribution in [-0.4, -0.2) is 36.5 Å². The van der Waals surface area contributed by atoms with E-state index in [1.165, 1.54) is 19.3 Å². The Morgan fingerprint density at radius 2 is 2.11 bits per heavy atom. The maximum atomic E-state index is 4.65. The largest absolute Gasteiger partial charge is 0.353 e. The zero-order valence-electron chi connectivity index (χ0n) is 12.2. The molecular formula is C14H28IN3. The van der Waals surface area contributed by atoms with Crippen LogP contribution in [0.4, 0.5) is 0 Å². The third-order valence-corrected chi connectivity index (χ3v) is 4.44. The van der Waals surface area contributed by atoms with E-state index in [0.717, 1.165) is 31.5 Å². The molecule has 106 valence electrons. The molecule has 0 radical (unpaired) electrons. The van der Waals surface area contributed by atoms with Gasteiger partial charge in [-0.3, -0.25) is 4.99 Å². The Bertz CT molecular complexity index is 305. The molecule has 1 N–H and O–H groups in total. The lowest BCUT2D eigenvalue weighted by molar-refractivity contribution is 0.321. The summed E-state index contributed by atoms with van der Waals surface area (Å²) in [5.74, 6) is 1.98. The van der Waals surface area contributed by atoms with E-state index in [9.17, 15) is 0 Å². The van der Waals surface area contributed by atoms with Crippen LogP contribution < -0.4 is 5.32 Å². The molecule has 0 amide bonds. The van der Waals surface area contributed by atoms with Gasteiger partial charge in [-0.05, 0) is 37.5 Å². The van der Waals surface area contributed by atoms with Crippen molar-refractivity contribution in [2.45, 2.75) is 53.0 Å². The van der Waals surface area contributed by atoms with Crippen molar-refractivity contribution in [2.75, 3.05) is 19.6 Å². The Hall–Kier alpha value is 0. The number of halogens is 1. The molecule has 1 saturated carbocycles. The molecule has 1 aliphatic carbocycles. The summed E-state index contributed by atoms with van der Waals surface area (Å²) < 4.78 is 0. The smallest absolute Gasteiger partial charge is 0.194 e. The number of guanidine groups is 1. The highest BCUT2D eigenvalue weighted by Gasteiger charge is 2.37. The first-order chi connectivity index (χ1) is 8.08. The van der Waals surface area contributed by atoms with E-state index in [0.29, 0.717) is 11.5 Å². The number of nitrogens with zero attached hydrogens (tertiary/aromatic N) is 2. The maximum Gasteiger partial charge on any atom is 0.194 e. The van der Waals surface area contributed by atoms with Crippen LogP contribution in [0, 0.1) is 11.3 Å². The molecule has 2 rings (SSSR count). The second-order valence-corrected chi connectivity index (χ2v) is 6.10. The number of likely N-dealkylation sites (tertiary alicyclic amines) is 1. The minimum atomic E-state index is 0. The molecule has 1 heterocycles. The predicted octanol–water partition coefficient (Wildman–Crippen LogP) is 3.10. The van der Waals surface area contributed by atoms with Gasteiger partial charge in [0.05, 0.1) is 0 Å². The second kappa shape index (κ2) is 6.44. The predicted molar refractivity (Wildman–Crippen MR) is 88.7 cm³/mol. The van der Waals surface area contributed by atoms with Crippen molar-refractivity contribution in [3.8, 4) is 0 Å². The van der Waals surface area contributed by atoms with Crippen molar-refractivity contribution in [2.24, 2.45) is 16.3 Å². The van der Waals surface area contributed by atoms with E-state index < -0.39 is 0 Å². The summed E-state index contributed by atoms with van der Waals surface area (Å²) in [6, 6.07) is 0.675. The van der Waals surface area contributed by atoms with Crippen LogP contribution in [0.1, 0.15) is 47.0 Å². The van der Waals surface area contributed by atoms with Crippen LogP contribution in [0.25, 0.3) is 0 Å². The number of hydrogen-bond acceptors (Lipinski definition) is 1. The molecule has 0 aromatic heterocycles. The summed E-state index contributed by atoms with van der Waals surface area (Å²) in [5, 5.41) is 3.62. The lowest BCUT2D eigenvalue weighted by Gasteiger charge is -2.25. The maximum absolute atomic E-state index is 4.65. The summed E-state index contributed by atoms with van der Waals surface area (Å²) in [7, 11) is 0. The van der Waals surface area contributed by atoms with Crippen molar-refractivity contribution in [3.05, 3.63) is 0 Å². The van der Waals surface area contributed by atoms with Gasteiger partial charge in [0.15, 0.2) is 5.96 Å². The Morgan fingerprint density at radius 1 is 1.44 bits per heavy atom. The van der Waals surface area contributed by atoms with Gasteiger partial charge in [-0.15, -0.1) is 24.0 Å². The Morgan fingerprint density at radius 3 is 2.56 bits per heavy atom. The lowest BCUT2D eigenvalue weighted by atomic mass is 9.87. The summed E-state index contributed by atoms with van der Waals surface area (Å²) >= 11 is 0. The molecule has 0 spiro atoms. The molecule has 4 heteroatoms. The second-order valence-electron chi connectivity index (χ2n) is 6.10. The monoisotopic (exact) mass is 365 g/mol. The summed E-state index contributed by atoms with van der Waals surface area (Å²) in [5.41, 5.74) is 0.491. The number of hydrogen-bond donors (Lipinski definition) is 1. The number of nitrogens with one attached hydrogen (secondary N) is 1. The highest BCUT2D eigenvalue weighted by atomic mass is 127. The van der Waals surface area contributed by atoms with Gasteiger partial charge in [0, 0.05) is 25.7 Å². The molecule has 0 bridgehead atoms. The molecule has 2 fully saturated rings. The normalized spacial score (nSPS) is 35.3. The lowest BCUT2D eigenvalue weighted by Crippen LogP contribution is -2.42. The summed E-state index contributed by atoms with van der Waals surface area (Å²) in [6.45, 7) is 12.3. The molecule has 2 aliphatic rings. The zero-order valence-corrected chi connectivity index (χ0v) is 14.5. The molecule has 3 unspecified atom stereocenters. The van der Waals surface area contributed by atoms with Crippen LogP contribution in [0.2, 0.25) is 0 Å². The summed E-state index contributed by atoms with van der Waals surface area (Å²) in [4.78, 5) is 7.11. The summed E-state index contributed by atoms with van der Waals surface area (Å²) in [6.07, 6.45) is 3.87.